The number of benzene rings is 1. The highest BCUT2D eigenvalue weighted by molar-refractivity contribution is 7.88. The van der Waals surface area contributed by atoms with Crippen LogP contribution in [0.5, 0.6) is 0 Å². The van der Waals surface area contributed by atoms with Crippen LogP contribution in [0.1, 0.15) is 84.5 Å². The first kappa shape index (κ1) is 36.6. The summed E-state index contributed by atoms with van der Waals surface area (Å²) in [6.45, 7) is 9.16. The Kier molecular flexibility index (Phi) is 11.3. The molecule has 2 aliphatic heterocycles. The maximum absolute atomic E-state index is 14.3. The number of nitrogens with one attached hydrogen (secondary N) is 3. The zero-order chi connectivity index (χ0) is 35.5. The molecule has 3 heterocycles. The number of methoxy groups -OCH3 is 1. The van der Waals surface area contributed by atoms with E-state index in [0.717, 1.165) is 62.0 Å². The zero-order valence-corrected chi connectivity index (χ0v) is 30.3. The largest absolute Gasteiger partial charge is 0.453 e. The van der Waals surface area contributed by atoms with Crippen molar-refractivity contribution in [3.05, 3.63) is 36.3 Å². The van der Waals surface area contributed by atoms with Crippen LogP contribution in [0.2, 0.25) is 0 Å². The molecule has 3 fully saturated rings. The highest BCUT2D eigenvalue weighted by Crippen LogP contribution is 2.44. The fraction of sp³-hybridized carbons (Fsp3) is 0.657. The fourth-order valence-corrected chi connectivity index (χ4v) is 8.53. The van der Waals surface area contributed by atoms with Gasteiger partial charge < -0.3 is 24.7 Å². The van der Waals surface area contributed by atoms with Crippen LogP contribution < -0.4 is 10.6 Å². The lowest BCUT2D eigenvalue weighted by molar-refractivity contribution is -0.138. The average Bonchev–Trinajstić information content (AvgIpc) is 3.72. The van der Waals surface area contributed by atoms with E-state index >= 15 is 0 Å². The summed E-state index contributed by atoms with van der Waals surface area (Å²) in [5.41, 5.74) is 1.74. The number of ether oxygens (including phenoxy) is 2. The van der Waals surface area contributed by atoms with Crippen molar-refractivity contribution in [1.82, 2.24) is 24.5 Å². The molecule has 3 aliphatic rings. The van der Waals surface area contributed by atoms with Crippen LogP contribution in [-0.4, -0.2) is 90.3 Å². The molecule has 2 saturated heterocycles. The molecular formula is C35H52N6O7S. The van der Waals surface area contributed by atoms with Crippen molar-refractivity contribution in [3.8, 4) is 11.3 Å². The smallest absolute Gasteiger partial charge is 0.411 e. The lowest BCUT2D eigenvalue weighted by Crippen LogP contribution is -2.44. The number of carbonyl (C=O) groups excluding carboxylic acids is 3. The molecule has 49 heavy (non-hydrogen) atoms. The highest BCUT2D eigenvalue weighted by atomic mass is 32.2. The summed E-state index contributed by atoms with van der Waals surface area (Å²) in [7, 11) is -1.91. The molecule has 0 unspecified atom stereocenters. The summed E-state index contributed by atoms with van der Waals surface area (Å²) < 4.78 is 36.0. The number of rotatable bonds is 8. The van der Waals surface area contributed by atoms with E-state index in [4.69, 9.17) is 9.72 Å². The molecule has 1 saturated carbocycles. The van der Waals surface area contributed by atoms with E-state index in [1.165, 1.54) is 13.4 Å². The van der Waals surface area contributed by atoms with E-state index in [1.54, 1.807) is 22.6 Å². The Bertz CT molecular complexity index is 1570. The number of H-pyrrole nitrogens is 1. The third-order valence-corrected chi connectivity index (χ3v) is 11.7. The summed E-state index contributed by atoms with van der Waals surface area (Å²) in [6, 6.07) is 7.07. The first-order valence-electron chi connectivity index (χ1n) is 17.4. The van der Waals surface area contributed by atoms with Gasteiger partial charge in [-0.2, -0.15) is 0 Å². The number of aromatic amines is 1. The lowest BCUT2D eigenvalue weighted by Gasteiger charge is -2.35. The standard InChI is InChI=1S/C35H52N6O7S/c1-22(37-34(44)48-35(2,3)4)23-7-9-26(10-8-23)32(42)41-21-27(24-15-17-40(18-16-24)49(6,45)46)19-30(41)31-36-20-29(39-31)25-11-13-28(14-12-25)38-33(43)47-5/h11-14,20,22-24,26-27,30H,7-10,15-19,21H2,1-6H3,(H,36,39)(H,37,44)(H,38,43)/t22-,23?,26?,27-,30-/m0/s1. The Morgan fingerprint density at radius 2 is 1.63 bits per heavy atom. The molecule has 3 atom stereocenters. The van der Waals surface area contributed by atoms with E-state index < -0.39 is 27.8 Å². The van der Waals surface area contributed by atoms with Crippen molar-refractivity contribution in [1.29, 1.82) is 0 Å². The van der Waals surface area contributed by atoms with Gasteiger partial charge in [0.2, 0.25) is 15.9 Å². The molecule has 3 amide bonds. The lowest BCUT2D eigenvalue weighted by atomic mass is 9.78. The number of imidazole rings is 1. The van der Waals surface area contributed by atoms with Gasteiger partial charge in [-0.1, -0.05) is 12.1 Å². The van der Waals surface area contributed by atoms with Gasteiger partial charge in [-0.25, -0.2) is 27.3 Å². The number of carbonyl (C=O) groups is 3. The molecule has 0 bridgehead atoms. The molecule has 13 nitrogen and oxygen atoms in total. The molecule has 14 heteroatoms. The second kappa shape index (κ2) is 15.1. The summed E-state index contributed by atoms with van der Waals surface area (Å²) in [5, 5.41) is 5.63. The molecule has 1 aliphatic carbocycles. The van der Waals surface area contributed by atoms with Crippen molar-refractivity contribution in [2.45, 2.75) is 90.3 Å². The molecule has 1 aromatic carbocycles. The predicted molar refractivity (Wildman–Crippen MR) is 186 cm³/mol. The van der Waals surface area contributed by atoms with Gasteiger partial charge in [0.1, 0.15) is 11.4 Å². The number of aromatic nitrogens is 2. The van der Waals surface area contributed by atoms with Gasteiger partial charge in [-0.05, 0) is 108 Å². The zero-order valence-electron chi connectivity index (χ0n) is 29.5. The van der Waals surface area contributed by atoms with Crippen molar-refractivity contribution in [3.63, 3.8) is 0 Å². The van der Waals surface area contributed by atoms with Crippen molar-refractivity contribution in [2.75, 3.05) is 38.3 Å². The third kappa shape index (κ3) is 9.33. The van der Waals surface area contributed by atoms with Gasteiger partial charge in [0.15, 0.2) is 0 Å². The Hall–Kier alpha value is -3.65. The SMILES string of the molecule is COC(=O)Nc1ccc(-c2cnc([C@@H]3C[C@H](C4CCN(S(C)(=O)=O)CC4)CN3C(=O)C3CCC([C@H](C)NC(=O)OC(C)(C)C)CC3)[nH]2)cc1. The number of anilines is 1. The maximum Gasteiger partial charge on any atom is 0.411 e. The second-order valence-corrected chi connectivity index (χ2v) is 16.9. The molecule has 0 spiro atoms. The van der Waals surface area contributed by atoms with E-state index in [9.17, 15) is 22.8 Å². The van der Waals surface area contributed by atoms with Crippen LogP contribution in [0.4, 0.5) is 15.3 Å². The molecule has 3 N–H and O–H groups in total. The molecule has 270 valence electrons. The van der Waals surface area contributed by atoms with Gasteiger partial charge in [0, 0.05) is 37.3 Å². The number of hydrogen-bond acceptors (Lipinski definition) is 8. The first-order chi connectivity index (χ1) is 23.1. The summed E-state index contributed by atoms with van der Waals surface area (Å²) in [5.74, 6) is 1.59. The normalized spacial score (nSPS) is 24.7. The second-order valence-electron chi connectivity index (χ2n) is 14.9. The third-order valence-electron chi connectivity index (χ3n) is 10.4. The Morgan fingerprint density at radius 3 is 2.22 bits per heavy atom. The topological polar surface area (TPSA) is 163 Å². The highest BCUT2D eigenvalue weighted by Gasteiger charge is 2.44. The summed E-state index contributed by atoms with van der Waals surface area (Å²) in [4.78, 5) is 48.5. The van der Waals surface area contributed by atoms with Crippen LogP contribution >= 0.6 is 0 Å². The van der Waals surface area contributed by atoms with Gasteiger partial charge >= 0.3 is 12.2 Å². The Morgan fingerprint density at radius 1 is 0.980 bits per heavy atom. The van der Waals surface area contributed by atoms with Gasteiger partial charge in [0.25, 0.3) is 0 Å². The fourth-order valence-electron chi connectivity index (χ4n) is 7.66. The Balaban J connectivity index is 1.28. The van der Waals surface area contributed by atoms with Crippen LogP contribution in [0.25, 0.3) is 11.3 Å². The van der Waals surface area contributed by atoms with Gasteiger partial charge in [0.05, 0.1) is 31.3 Å². The van der Waals surface area contributed by atoms with Gasteiger partial charge in [-0.15, -0.1) is 0 Å². The number of alkyl carbamates (subject to hydrolysis) is 1. The monoisotopic (exact) mass is 700 g/mol. The first-order valence-corrected chi connectivity index (χ1v) is 19.2. The minimum absolute atomic E-state index is 0.0560. The summed E-state index contributed by atoms with van der Waals surface area (Å²) >= 11 is 0. The number of nitrogens with zero attached hydrogens (tertiary/aromatic N) is 3. The predicted octanol–water partition coefficient (Wildman–Crippen LogP) is 5.54. The number of hydrogen-bond donors (Lipinski definition) is 3. The van der Waals surface area contributed by atoms with Gasteiger partial charge in [-0.3, -0.25) is 10.1 Å². The van der Waals surface area contributed by atoms with E-state index in [-0.39, 0.29) is 35.7 Å². The van der Waals surface area contributed by atoms with Crippen LogP contribution in [0.3, 0.4) is 0 Å². The minimum Gasteiger partial charge on any atom is -0.453 e. The van der Waals surface area contributed by atoms with E-state index in [2.05, 4.69) is 20.4 Å². The van der Waals surface area contributed by atoms with Crippen molar-refractivity contribution in [2.24, 2.45) is 23.7 Å². The quantitative estimate of drug-likeness (QED) is 0.324. The molecule has 2 aromatic rings. The minimum atomic E-state index is -3.23. The van der Waals surface area contributed by atoms with Crippen LogP contribution in [0.15, 0.2) is 30.5 Å². The van der Waals surface area contributed by atoms with Crippen LogP contribution in [-0.2, 0) is 24.3 Å². The number of amides is 3. The van der Waals surface area contributed by atoms with Crippen molar-refractivity contribution < 1.29 is 32.3 Å². The summed E-state index contributed by atoms with van der Waals surface area (Å²) in [6.07, 6.45) is 7.57. The number of sulfonamides is 1. The molecular weight excluding hydrogens is 648 g/mol. The number of likely N-dealkylation sites (tertiary alicyclic amines) is 1. The average molecular weight is 701 g/mol. The van der Waals surface area contributed by atoms with E-state index in [0.29, 0.717) is 31.2 Å². The Labute approximate surface area is 289 Å². The van der Waals surface area contributed by atoms with Crippen molar-refractivity contribution >= 4 is 33.8 Å². The molecule has 0 radical (unpaired) electrons. The van der Waals surface area contributed by atoms with E-state index in [1.807, 2.05) is 44.7 Å². The van der Waals surface area contributed by atoms with Crippen LogP contribution in [0, 0.1) is 23.7 Å². The maximum atomic E-state index is 14.3. The molecule has 5 rings (SSSR count). The number of piperidine rings is 1. The molecule has 1 aromatic heterocycles.